The van der Waals surface area contributed by atoms with E-state index in [0.29, 0.717) is 38.4 Å². The number of likely N-dealkylation sites (tertiary alicyclic amines) is 1. The van der Waals surface area contributed by atoms with Gasteiger partial charge in [-0.3, -0.25) is 4.90 Å². The summed E-state index contributed by atoms with van der Waals surface area (Å²) in [7, 11) is 0. The molecule has 1 fully saturated rings. The topological polar surface area (TPSA) is 61.8 Å². The van der Waals surface area contributed by atoms with Crippen molar-refractivity contribution in [2.45, 2.75) is 18.8 Å². The molecule has 0 saturated carbocycles. The van der Waals surface area contributed by atoms with Gasteiger partial charge >= 0.3 is 6.09 Å². The molecule has 22 heavy (non-hydrogen) atoms. The zero-order chi connectivity index (χ0) is 16.0. The van der Waals surface area contributed by atoms with Gasteiger partial charge in [0.15, 0.2) is 0 Å². The van der Waals surface area contributed by atoms with Crippen molar-refractivity contribution in [3.63, 3.8) is 0 Å². The molecular formula is C15H20F2N2O3. The lowest BCUT2D eigenvalue weighted by molar-refractivity contribution is 0.0113. The summed E-state index contributed by atoms with van der Waals surface area (Å²) in [5.74, 6) is -1.88. The van der Waals surface area contributed by atoms with Gasteiger partial charge in [-0.15, -0.1) is 0 Å². The summed E-state index contributed by atoms with van der Waals surface area (Å²) in [4.78, 5) is 12.0. The Morgan fingerprint density at radius 2 is 2.09 bits per heavy atom. The highest BCUT2D eigenvalue weighted by atomic mass is 19.3. The van der Waals surface area contributed by atoms with E-state index >= 15 is 0 Å². The van der Waals surface area contributed by atoms with Gasteiger partial charge in [0.2, 0.25) is 0 Å². The molecule has 0 bridgehead atoms. The fraction of sp³-hybridized carbons (Fsp3) is 0.533. The van der Waals surface area contributed by atoms with Crippen molar-refractivity contribution in [3.05, 3.63) is 29.8 Å². The van der Waals surface area contributed by atoms with Gasteiger partial charge in [0.1, 0.15) is 12.4 Å². The van der Waals surface area contributed by atoms with Crippen LogP contribution in [-0.4, -0.2) is 54.8 Å². The molecule has 0 atom stereocenters. The normalized spacial score (nSPS) is 17.4. The molecule has 0 aromatic heterocycles. The van der Waals surface area contributed by atoms with E-state index in [-0.39, 0.29) is 13.0 Å². The van der Waals surface area contributed by atoms with Gasteiger partial charge in [-0.1, -0.05) is 12.1 Å². The molecule has 122 valence electrons. The van der Waals surface area contributed by atoms with Gasteiger partial charge in [-0.05, 0) is 24.1 Å². The van der Waals surface area contributed by atoms with Crippen molar-refractivity contribution in [3.8, 4) is 5.75 Å². The predicted molar refractivity (Wildman–Crippen MR) is 77.7 cm³/mol. The van der Waals surface area contributed by atoms with Crippen molar-refractivity contribution >= 4 is 6.09 Å². The molecular weight excluding hydrogens is 294 g/mol. The number of ether oxygens (including phenoxy) is 1. The summed E-state index contributed by atoms with van der Waals surface area (Å²) in [6.45, 7) is 1.44. The molecule has 7 heteroatoms. The van der Waals surface area contributed by atoms with Crippen molar-refractivity contribution < 1.29 is 23.4 Å². The summed E-state index contributed by atoms with van der Waals surface area (Å²) in [6.07, 6.45) is -0.505. The maximum absolute atomic E-state index is 13.0. The molecule has 2 rings (SSSR count). The Kier molecular flexibility index (Phi) is 5.54. The van der Waals surface area contributed by atoms with E-state index in [1.54, 1.807) is 17.0 Å². The lowest BCUT2D eigenvalue weighted by atomic mass is 10.1. The van der Waals surface area contributed by atoms with Crippen LogP contribution in [0.15, 0.2) is 24.3 Å². The van der Waals surface area contributed by atoms with E-state index in [0.717, 1.165) is 5.56 Å². The van der Waals surface area contributed by atoms with Crippen LogP contribution in [0, 0.1) is 0 Å². The first-order chi connectivity index (χ1) is 10.4. The van der Waals surface area contributed by atoms with Gasteiger partial charge in [0, 0.05) is 26.1 Å². The highest BCUT2D eigenvalue weighted by molar-refractivity contribution is 5.64. The first kappa shape index (κ1) is 16.5. The van der Waals surface area contributed by atoms with Crippen molar-refractivity contribution in [2.75, 3.05) is 32.8 Å². The Morgan fingerprint density at radius 3 is 2.68 bits per heavy atom. The number of benzene rings is 1. The second-order valence-electron chi connectivity index (χ2n) is 5.36. The zero-order valence-corrected chi connectivity index (χ0v) is 12.2. The maximum atomic E-state index is 13.0. The average Bonchev–Trinajstić information content (AvgIpc) is 2.80. The summed E-state index contributed by atoms with van der Waals surface area (Å²) in [6, 6.07) is 7.33. The highest BCUT2D eigenvalue weighted by Crippen LogP contribution is 2.26. The van der Waals surface area contributed by atoms with E-state index in [1.165, 1.54) is 0 Å². The van der Waals surface area contributed by atoms with Crippen LogP contribution < -0.4 is 10.1 Å². The van der Waals surface area contributed by atoms with Crippen LogP contribution in [0.1, 0.15) is 12.0 Å². The molecule has 0 radical (unpaired) electrons. The highest BCUT2D eigenvalue weighted by Gasteiger charge is 2.37. The molecule has 0 spiro atoms. The second kappa shape index (κ2) is 7.40. The van der Waals surface area contributed by atoms with E-state index in [4.69, 9.17) is 9.84 Å². The number of rotatable bonds is 7. The molecule has 1 aromatic carbocycles. The van der Waals surface area contributed by atoms with Gasteiger partial charge in [-0.2, -0.15) is 0 Å². The van der Waals surface area contributed by atoms with Crippen LogP contribution in [0.4, 0.5) is 13.6 Å². The third-order valence-corrected chi connectivity index (χ3v) is 3.54. The quantitative estimate of drug-likeness (QED) is 0.810. The number of halogens is 2. The Labute approximate surface area is 127 Å². The van der Waals surface area contributed by atoms with Gasteiger partial charge < -0.3 is 15.2 Å². The Hall–Kier alpha value is -1.89. The number of hydrogen-bond donors (Lipinski definition) is 2. The maximum Gasteiger partial charge on any atom is 0.404 e. The molecule has 0 aliphatic carbocycles. The standard InChI is InChI=1S/C15H20F2N2O3/c16-15(17)6-8-19(11-15)9-10-22-13-3-1-12(2-4-13)5-7-18-14(20)21/h1-4,18H,5-11H2,(H,20,21). The Morgan fingerprint density at radius 1 is 1.36 bits per heavy atom. The minimum Gasteiger partial charge on any atom is -0.492 e. The van der Waals surface area contributed by atoms with Gasteiger partial charge in [0.05, 0.1) is 6.54 Å². The number of nitrogens with one attached hydrogen (secondary N) is 1. The molecule has 1 aliphatic rings. The smallest absolute Gasteiger partial charge is 0.404 e. The second-order valence-corrected chi connectivity index (χ2v) is 5.36. The monoisotopic (exact) mass is 314 g/mol. The summed E-state index contributed by atoms with van der Waals surface area (Å²) in [5.41, 5.74) is 1.00. The Bertz CT molecular complexity index is 494. The molecule has 5 nitrogen and oxygen atoms in total. The summed E-state index contributed by atoms with van der Waals surface area (Å²) < 4.78 is 31.6. The van der Waals surface area contributed by atoms with E-state index in [1.807, 2.05) is 12.1 Å². The number of nitrogens with zero attached hydrogens (tertiary/aromatic N) is 1. The first-order valence-corrected chi connectivity index (χ1v) is 7.23. The lowest BCUT2D eigenvalue weighted by Crippen LogP contribution is -2.29. The average molecular weight is 314 g/mol. The Balaban J connectivity index is 1.67. The van der Waals surface area contributed by atoms with Crippen LogP contribution >= 0.6 is 0 Å². The van der Waals surface area contributed by atoms with E-state index in [9.17, 15) is 13.6 Å². The first-order valence-electron chi connectivity index (χ1n) is 7.23. The number of hydrogen-bond acceptors (Lipinski definition) is 3. The third-order valence-electron chi connectivity index (χ3n) is 3.54. The van der Waals surface area contributed by atoms with Crippen molar-refractivity contribution in [2.24, 2.45) is 0 Å². The fourth-order valence-electron chi connectivity index (χ4n) is 2.36. The number of carbonyl (C=O) groups is 1. The third kappa shape index (κ3) is 5.48. The molecule has 1 aliphatic heterocycles. The fourth-order valence-corrected chi connectivity index (χ4v) is 2.36. The van der Waals surface area contributed by atoms with E-state index < -0.39 is 12.0 Å². The molecule has 1 amide bonds. The molecule has 1 aromatic rings. The SMILES string of the molecule is O=C(O)NCCc1ccc(OCCN2CCC(F)(F)C2)cc1. The van der Waals surface area contributed by atoms with Crippen LogP contribution in [-0.2, 0) is 6.42 Å². The van der Waals surface area contributed by atoms with Crippen molar-refractivity contribution in [1.29, 1.82) is 0 Å². The molecule has 0 unspecified atom stereocenters. The summed E-state index contributed by atoms with van der Waals surface area (Å²) >= 11 is 0. The minimum atomic E-state index is -2.56. The van der Waals surface area contributed by atoms with Crippen LogP contribution in [0.25, 0.3) is 0 Å². The molecule has 1 saturated heterocycles. The predicted octanol–water partition coefficient (Wildman–Crippen LogP) is 2.22. The van der Waals surface area contributed by atoms with Crippen LogP contribution in [0.5, 0.6) is 5.75 Å². The number of amides is 1. The van der Waals surface area contributed by atoms with Gasteiger partial charge in [0.25, 0.3) is 5.92 Å². The summed E-state index contributed by atoms with van der Waals surface area (Å²) in [5, 5.41) is 10.8. The lowest BCUT2D eigenvalue weighted by Gasteiger charge is -2.15. The van der Waals surface area contributed by atoms with E-state index in [2.05, 4.69) is 5.32 Å². The zero-order valence-electron chi connectivity index (χ0n) is 12.2. The number of carboxylic acid groups (broad SMARTS) is 1. The van der Waals surface area contributed by atoms with Crippen LogP contribution in [0.3, 0.4) is 0 Å². The number of alkyl halides is 2. The minimum absolute atomic E-state index is 0.0773. The van der Waals surface area contributed by atoms with Gasteiger partial charge in [-0.25, -0.2) is 13.6 Å². The van der Waals surface area contributed by atoms with Crippen molar-refractivity contribution in [1.82, 2.24) is 10.2 Å². The molecule has 2 N–H and O–H groups in total. The molecule has 1 heterocycles. The largest absolute Gasteiger partial charge is 0.492 e. The van der Waals surface area contributed by atoms with Crippen LogP contribution in [0.2, 0.25) is 0 Å².